The Bertz CT molecular complexity index is 420. The number of carbonyl (C=O) groups excluding carboxylic acids is 1. The second kappa shape index (κ2) is 5.52. The Balaban J connectivity index is 1.87. The highest BCUT2D eigenvalue weighted by atomic mass is 35.5. The minimum Gasteiger partial charge on any atom is -0.355 e. The van der Waals surface area contributed by atoms with Gasteiger partial charge in [-0.05, 0) is 36.1 Å². The summed E-state index contributed by atoms with van der Waals surface area (Å²) in [6, 6.07) is 6.48. The molecule has 1 amide bonds. The normalized spacial score (nSPS) is 17.9. The second-order valence-corrected chi connectivity index (χ2v) is 4.81. The van der Waals surface area contributed by atoms with Crippen LogP contribution in [0.2, 0.25) is 5.02 Å². The number of fused-ring (bicyclic) bond motifs is 1. The van der Waals surface area contributed by atoms with Gasteiger partial charge in [-0.1, -0.05) is 17.7 Å². The van der Waals surface area contributed by atoms with E-state index in [1.54, 1.807) is 0 Å². The van der Waals surface area contributed by atoms with Crippen molar-refractivity contribution in [3.63, 3.8) is 0 Å². The fraction of sp³-hybridized carbons (Fsp3) is 0.462. The number of carbonyl (C=O) groups is 1. The van der Waals surface area contributed by atoms with E-state index in [1.807, 2.05) is 12.1 Å². The molecular formula is C13H17ClN2O. The van der Waals surface area contributed by atoms with Crippen molar-refractivity contribution in [1.29, 1.82) is 0 Å². The quantitative estimate of drug-likeness (QED) is 0.806. The zero-order chi connectivity index (χ0) is 12.3. The first kappa shape index (κ1) is 12.4. The van der Waals surface area contributed by atoms with E-state index in [4.69, 9.17) is 11.6 Å². The van der Waals surface area contributed by atoms with Gasteiger partial charge in [0.2, 0.25) is 5.91 Å². The lowest BCUT2D eigenvalue weighted by Gasteiger charge is -2.14. The molecule has 1 unspecified atom stereocenters. The number of hydrogen-bond donors (Lipinski definition) is 2. The van der Waals surface area contributed by atoms with Crippen LogP contribution in [0.1, 0.15) is 30.5 Å². The average molecular weight is 253 g/mol. The van der Waals surface area contributed by atoms with Gasteiger partial charge < -0.3 is 10.6 Å². The first-order chi connectivity index (χ1) is 8.16. The van der Waals surface area contributed by atoms with Crippen LogP contribution in [-0.2, 0) is 11.2 Å². The van der Waals surface area contributed by atoms with Crippen molar-refractivity contribution in [2.24, 2.45) is 0 Å². The van der Waals surface area contributed by atoms with Crippen LogP contribution in [0.15, 0.2) is 18.2 Å². The number of rotatable bonds is 4. The molecule has 17 heavy (non-hydrogen) atoms. The number of aryl methyl sites for hydroxylation is 1. The SMILES string of the molecule is CC(=O)NCCNC1CCc2cc(Cl)ccc21. The van der Waals surface area contributed by atoms with Crippen LogP contribution in [0, 0.1) is 0 Å². The van der Waals surface area contributed by atoms with E-state index in [2.05, 4.69) is 16.7 Å². The third kappa shape index (κ3) is 3.20. The van der Waals surface area contributed by atoms with Crippen molar-refractivity contribution >= 4 is 17.5 Å². The van der Waals surface area contributed by atoms with Gasteiger partial charge >= 0.3 is 0 Å². The minimum atomic E-state index is 0.0189. The first-order valence-electron chi connectivity index (χ1n) is 5.93. The monoisotopic (exact) mass is 252 g/mol. The fourth-order valence-corrected chi connectivity index (χ4v) is 2.48. The van der Waals surface area contributed by atoms with Crippen molar-refractivity contribution in [2.75, 3.05) is 13.1 Å². The molecule has 2 rings (SSSR count). The summed E-state index contributed by atoms with van der Waals surface area (Å²) in [5.41, 5.74) is 2.69. The lowest BCUT2D eigenvalue weighted by atomic mass is 10.1. The molecule has 0 fully saturated rings. The molecule has 0 aliphatic heterocycles. The van der Waals surface area contributed by atoms with Crippen LogP contribution in [0.4, 0.5) is 0 Å². The second-order valence-electron chi connectivity index (χ2n) is 4.37. The van der Waals surface area contributed by atoms with Gasteiger partial charge in [0, 0.05) is 31.1 Å². The Morgan fingerprint density at radius 1 is 1.47 bits per heavy atom. The smallest absolute Gasteiger partial charge is 0.216 e. The Morgan fingerprint density at radius 2 is 2.29 bits per heavy atom. The van der Waals surface area contributed by atoms with Gasteiger partial charge in [0.05, 0.1) is 0 Å². The van der Waals surface area contributed by atoms with Gasteiger partial charge in [-0.25, -0.2) is 0 Å². The molecule has 0 spiro atoms. The summed E-state index contributed by atoms with van der Waals surface area (Å²) < 4.78 is 0. The molecule has 0 bridgehead atoms. The Morgan fingerprint density at radius 3 is 3.06 bits per heavy atom. The van der Waals surface area contributed by atoms with Gasteiger partial charge in [-0.15, -0.1) is 0 Å². The molecule has 4 heteroatoms. The summed E-state index contributed by atoms with van der Waals surface area (Å²) in [4.78, 5) is 10.7. The maximum absolute atomic E-state index is 10.7. The summed E-state index contributed by atoms with van der Waals surface area (Å²) in [7, 11) is 0. The molecule has 3 nitrogen and oxygen atoms in total. The van der Waals surface area contributed by atoms with E-state index in [9.17, 15) is 4.79 Å². The van der Waals surface area contributed by atoms with Crippen molar-refractivity contribution in [2.45, 2.75) is 25.8 Å². The van der Waals surface area contributed by atoms with E-state index < -0.39 is 0 Å². The molecular weight excluding hydrogens is 236 g/mol. The van der Waals surface area contributed by atoms with Crippen molar-refractivity contribution in [3.05, 3.63) is 34.3 Å². The van der Waals surface area contributed by atoms with Crippen LogP contribution in [0.3, 0.4) is 0 Å². The van der Waals surface area contributed by atoms with Crippen LogP contribution in [0.5, 0.6) is 0 Å². The Kier molecular flexibility index (Phi) is 4.02. The third-order valence-corrected chi connectivity index (χ3v) is 3.31. The van der Waals surface area contributed by atoms with Gasteiger partial charge in [0.25, 0.3) is 0 Å². The van der Waals surface area contributed by atoms with Crippen LogP contribution in [0.25, 0.3) is 0 Å². The van der Waals surface area contributed by atoms with Gasteiger partial charge in [-0.2, -0.15) is 0 Å². The molecule has 1 aliphatic rings. The van der Waals surface area contributed by atoms with E-state index >= 15 is 0 Å². The number of hydrogen-bond acceptors (Lipinski definition) is 2. The fourth-order valence-electron chi connectivity index (χ4n) is 2.28. The van der Waals surface area contributed by atoms with Crippen LogP contribution in [-0.4, -0.2) is 19.0 Å². The molecule has 1 aromatic rings. The maximum Gasteiger partial charge on any atom is 0.216 e. The Labute approximate surface area is 107 Å². The maximum atomic E-state index is 10.7. The Hall–Kier alpha value is -1.06. The first-order valence-corrected chi connectivity index (χ1v) is 6.31. The number of nitrogens with one attached hydrogen (secondary N) is 2. The lowest BCUT2D eigenvalue weighted by Crippen LogP contribution is -2.31. The van der Waals surface area contributed by atoms with E-state index in [0.717, 1.165) is 24.4 Å². The molecule has 0 aromatic heterocycles. The average Bonchev–Trinajstić information content (AvgIpc) is 2.66. The highest BCUT2D eigenvalue weighted by Gasteiger charge is 2.21. The standard InChI is InChI=1S/C13H17ClN2O/c1-9(17)15-6-7-16-13-5-2-10-8-11(14)3-4-12(10)13/h3-4,8,13,16H,2,5-7H2,1H3,(H,15,17). The van der Waals surface area contributed by atoms with Gasteiger partial charge in [0.15, 0.2) is 0 Å². The number of amides is 1. The predicted octanol–water partition coefficient (Wildman–Crippen LogP) is 2.05. The molecule has 0 saturated heterocycles. The van der Waals surface area contributed by atoms with Crippen molar-refractivity contribution in [1.82, 2.24) is 10.6 Å². The zero-order valence-corrected chi connectivity index (χ0v) is 10.7. The van der Waals surface area contributed by atoms with Crippen molar-refractivity contribution in [3.8, 4) is 0 Å². The molecule has 1 atom stereocenters. The summed E-state index contributed by atoms with van der Waals surface area (Å²) in [6.45, 7) is 3.01. The highest BCUT2D eigenvalue weighted by Crippen LogP contribution is 2.32. The summed E-state index contributed by atoms with van der Waals surface area (Å²) in [6.07, 6.45) is 2.18. The summed E-state index contributed by atoms with van der Waals surface area (Å²) in [5.74, 6) is 0.0189. The van der Waals surface area contributed by atoms with E-state index in [1.165, 1.54) is 18.1 Å². The van der Waals surface area contributed by atoms with Crippen LogP contribution >= 0.6 is 11.6 Å². The summed E-state index contributed by atoms with van der Waals surface area (Å²) >= 11 is 5.96. The zero-order valence-electron chi connectivity index (χ0n) is 9.92. The molecule has 0 saturated carbocycles. The van der Waals surface area contributed by atoms with Crippen molar-refractivity contribution < 1.29 is 4.79 Å². The topological polar surface area (TPSA) is 41.1 Å². The summed E-state index contributed by atoms with van der Waals surface area (Å²) in [5, 5.41) is 7.04. The minimum absolute atomic E-state index is 0.0189. The number of halogens is 1. The largest absolute Gasteiger partial charge is 0.355 e. The van der Waals surface area contributed by atoms with Gasteiger partial charge in [0.1, 0.15) is 0 Å². The lowest BCUT2D eigenvalue weighted by molar-refractivity contribution is -0.118. The molecule has 1 aromatic carbocycles. The molecule has 92 valence electrons. The van der Waals surface area contributed by atoms with Gasteiger partial charge in [-0.3, -0.25) is 4.79 Å². The molecule has 2 N–H and O–H groups in total. The number of benzene rings is 1. The van der Waals surface area contributed by atoms with E-state index in [0.29, 0.717) is 12.6 Å². The molecule has 0 heterocycles. The molecule has 0 radical (unpaired) electrons. The molecule has 1 aliphatic carbocycles. The highest BCUT2D eigenvalue weighted by molar-refractivity contribution is 6.30. The van der Waals surface area contributed by atoms with E-state index in [-0.39, 0.29) is 5.91 Å². The van der Waals surface area contributed by atoms with Crippen LogP contribution < -0.4 is 10.6 Å². The third-order valence-electron chi connectivity index (χ3n) is 3.07. The predicted molar refractivity (Wildman–Crippen MR) is 69.2 cm³/mol.